The van der Waals surface area contributed by atoms with Gasteiger partial charge in [-0.3, -0.25) is 4.98 Å². The highest BCUT2D eigenvalue weighted by atomic mass is 79.9. The SMILES string of the molecule is Cc1c(C(F)(F)F)ncc(C(F)F)c1Br. The summed E-state index contributed by atoms with van der Waals surface area (Å²) in [5.41, 5.74) is -2.03. The standard InChI is InChI=1S/C8H5BrF5N/c1-3-5(9)4(7(10)11)2-15-6(3)8(12,13)14/h2,7H,1H3. The molecule has 7 heteroatoms. The molecule has 0 aromatic carbocycles. The van der Waals surface area contributed by atoms with Gasteiger partial charge in [0.1, 0.15) is 5.69 Å². The Hall–Kier alpha value is -0.720. The maximum absolute atomic E-state index is 12.3. The van der Waals surface area contributed by atoms with Crippen LogP contribution in [0.1, 0.15) is 23.2 Å². The molecule has 0 aliphatic heterocycles. The molecule has 1 rings (SSSR count). The maximum atomic E-state index is 12.3. The van der Waals surface area contributed by atoms with Gasteiger partial charge in [0.2, 0.25) is 0 Å². The van der Waals surface area contributed by atoms with E-state index in [0.29, 0.717) is 6.20 Å². The molecule has 84 valence electrons. The molecule has 0 fully saturated rings. The van der Waals surface area contributed by atoms with Crippen molar-refractivity contribution in [2.75, 3.05) is 0 Å². The Morgan fingerprint density at radius 1 is 1.33 bits per heavy atom. The van der Waals surface area contributed by atoms with Crippen molar-refractivity contribution < 1.29 is 22.0 Å². The Labute approximate surface area is 90.4 Å². The van der Waals surface area contributed by atoms with Crippen LogP contribution in [0.2, 0.25) is 0 Å². The van der Waals surface area contributed by atoms with Gasteiger partial charge < -0.3 is 0 Å². The van der Waals surface area contributed by atoms with Gasteiger partial charge in [-0.25, -0.2) is 8.78 Å². The van der Waals surface area contributed by atoms with Gasteiger partial charge in [-0.15, -0.1) is 0 Å². The van der Waals surface area contributed by atoms with E-state index in [1.165, 1.54) is 0 Å². The van der Waals surface area contributed by atoms with Crippen LogP contribution in [0, 0.1) is 6.92 Å². The average Bonchev–Trinajstić information content (AvgIpc) is 2.06. The fourth-order valence-electron chi connectivity index (χ4n) is 1.05. The molecule has 1 nitrogen and oxygen atoms in total. The van der Waals surface area contributed by atoms with Crippen molar-refractivity contribution in [3.05, 3.63) is 27.5 Å². The van der Waals surface area contributed by atoms with Crippen LogP contribution in [0.4, 0.5) is 22.0 Å². The van der Waals surface area contributed by atoms with Gasteiger partial charge in [-0.05, 0) is 28.4 Å². The molecule has 0 aliphatic rings. The lowest BCUT2D eigenvalue weighted by Crippen LogP contribution is -2.11. The average molecular weight is 290 g/mol. The molecule has 1 aromatic heterocycles. The molecule has 1 aromatic rings. The Morgan fingerprint density at radius 2 is 1.87 bits per heavy atom. The van der Waals surface area contributed by atoms with Crippen LogP contribution in [0.5, 0.6) is 0 Å². The van der Waals surface area contributed by atoms with Gasteiger partial charge >= 0.3 is 6.18 Å². The molecule has 0 saturated carbocycles. The number of hydrogen-bond acceptors (Lipinski definition) is 1. The monoisotopic (exact) mass is 289 g/mol. The van der Waals surface area contributed by atoms with Crippen LogP contribution in [0.3, 0.4) is 0 Å². The summed E-state index contributed by atoms with van der Waals surface area (Å²) < 4.78 is 61.2. The fraction of sp³-hybridized carbons (Fsp3) is 0.375. The molecular weight excluding hydrogens is 285 g/mol. The van der Waals surface area contributed by atoms with E-state index >= 15 is 0 Å². The number of hydrogen-bond donors (Lipinski definition) is 0. The second-order valence-corrected chi connectivity index (χ2v) is 3.59. The summed E-state index contributed by atoms with van der Waals surface area (Å²) in [4.78, 5) is 3.00. The molecule has 0 amide bonds. The molecular formula is C8H5BrF5N. The normalized spacial score (nSPS) is 12.3. The van der Waals surface area contributed by atoms with E-state index < -0.39 is 23.9 Å². The van der Waals surface area contributed by atoms with E-state index in [9.17, 15) is 22.0 Å². The van der Waals surface area contributed by atoms with E-state index in [2.05, 4.69) is 20.9 Å². The molecule has 0 radical (unpaired) electrons. The lowest BCUT2D eigenvalue weighted by molar-refractivity contribution is -0.141. The maximum Gasteiger partial charge on any atom is 0.433 e. The number of rotatable bonds is 1. The lowest BCUT2D eigenvalue weighted by Gasteiger charge is -2.12. The Kier molecular flexibility index (Phi) is 3.32. The predicted octanol–water partition coefficient (Wildman–Crippen LogP) is 4.11. The van der Waals surface area contributed by atoms with Crippen molar-refractivity contribution in [1.29, 1.82) is 0 Å². The topological polar surface area (TPSA) is 12.9 Å². The van der Waals surface area contributed by atoms with Crippen LogP contribution in [0.25, 0.3) is 0 Å². The number of aromatic nitrogens is 1. The molecule has 1 heterocycles. The Bertz CT molecular complexity index is 374. The molecule has 0 spiro atoms. The van der Waals surface area contributed by atoms with Crippen LogP contribution < -0.4 is 0 Å². The summed E-state index contributed by atoms with van der Waals surface area (Å²) in [5.74, 6) is 0. The highest BCUT2D eigenvalue weighted by molar-refractivity contribution is 9.10. The van der Waals surface area contributed by atoms with E-state index in [1.54, 1.807) is 0 Å². The zero-order valence-electron chi connectivity index (χ0n) is 7.37. The first kappa shape index (κ1) is 12.4. The molecule has 0 aliphatic carbocycles. The van der Waals surface area contributed by atoms with Gasteiger partial charge in [0.25, 0.3) is 6.43 Å². The number of pyridine rings is 1. The van der Waals surface area contributed by atoms with Gasteiger partial charge in [-0.1, -0.05) is 0 Å². The second-order valence-electron chi connectivity index (χ2n) is 2.80. The van der Waals surface area contributed by atoms with E-state index in [0.717, 1.165) is 6.92 Å². The zero-order valence-corrected chi connectivity index (χ0v) is 8.96. The largest absolute Gasteiger partial charge is 0.433 e. The van der Waals surface area contributed by atoms with Crippen molar-refractivity contribution in [2.45, 2.75) is 19.5 Å². The van der Waals surface area contributed by atoms with Gasteiger partial charge in [0, 0.05) is 10.7 Å². The molecule has 0 N–H and O–H groups in total. The quantitative estimate of drug-likeness (QED) is 0.709. The minimum Gasteiger partial charge on any atom is -0.251 e. The summed E-state index contributed by atoms with van der Waals surface area (Å²) in [6, 6.07) is 0. The summed E-state index contributed by atoms with van der Waals surface area (Å²) >= 11 is 2.70. The Morgan fingerprint density at radius 3 is 2.27 bits per heavy atom. The second kappa shape index (κ2) is 4.03. The van der Waals surface area contributed by atoms with E-state index in [-0.39, 0.29) is 10.0 Å². The van der Waals surface area contributed by atoms with Crippen molar-refractivity contribution in [2.24, 2.45) is 0 Å². The first-order valence-electron chi connectivity index (χ1n) is 3.75. The van der Waals surface area contributed by atoms with Crippen LogP contribution >= 0.6 is 15.9 Å². The summed E-state index contributed by atoms with van der Waals surface area (Å²) in [7, 11) is 0. The van der Waals surface area contributed by atoms with Crippen molar-refractivity contribution in [1.82, 2.24) is 4.98 Å². The highest BCUT2D eigenvalue weighted by Crippen LogP contribution is 2.36. The third kappa shape index (κ3) is 2.45. The molecule has 0 saturated heterocycles. The summed E-state index contributed by atoms with van der Waals surface area (Å²) in [5, 5.41) is 0. The number of halogens is 6. The number of nitrogens with zero attached hydrogens (tertiary/aromatic N) is 1. The highest BCUT2D eigenvalue weighted by Gasteiger charge is 2.35. The molecule has 0 bridgehead atoms. The van der Waals surface area contributed by atoms with Crippen molar-refractivity contribution >= 4 is 15.9 Å². The van der Waals surface area contributed by atoms with E-state index in [4.69, 9.17) is 0 Å². The van der Waals surface area contributed by atoms with Gasteiger partial charge in [0.15, 0.2) is 0 Å². The zero-order chi connectivity index (χ0) is 11.8. The summed E-state index contributed by atoms with van der Waals surface area (Å²) in [6.07, 6.45) is -6.95. The first-order valence-corrected chi connectivity index (χ1v) is 4.54. The third-order valence-corrected chi connectivity index (χ3v) is 2.83. The smallest absolute Gasteiger partial charge is 0.251 e. The van der Waals surface area contributed by atoms with E-state index in [1.807, 2.05) is 0 Å². The Balaban J connectivity index is 3.34. The third-order valence-electron chi connectivity index (χ3n) is 1.77. The lowest BCUT2D eigenvalue weighted by atomic mass is 10.1. The fourth-order valence-corrected chi connectivity index (χ4v) is 1.51. The van der Waals surface area contributed by atoms with Crippen LogP contribution in [-0.4, -0.2) is 4.98 Å². The molecule has 15 heavy (non-hydrogen) atoms. The van der Waals surface area contributed by atoms with Crippen molar-refractivity contribution in [3.63, 3.8) is 0 Å². The minimum atomic E-state index is -4.63. The predicted molar refractivity (Wildman–Crippen MR) is 46.6 cm³/mol. The summed E-state index contributed by atoms with van der Waals surface area (Å²) in [6.45, 7) is 1.09. The molecule has 0 unspecified atom stereocenters. The number of alkyl halides is 5. The first-order chi connectivity index (χ1) is 6.75. The minimum absolute atomic E-state index is 0.250. The van der Waals surface area contributed by atoms with Crippen LogP contribution in [0.15, 0.2) is 10.7 Å². The van der Waals surface area contributed by atoms with Gasteiger partial charge in [0.05, 0.1) is 5.56 Å². The van der Waals surface area contributed by atoms with Crippen LogP contribution in [-0.2, 0) is 6.18 Å². The molecule has 0 atom stereocenters. The van der Waals surface area contributed by atoms with Gasteiger partial charge in [-0.2, -0.15) is 13.2 Å². The van der Waals surface area contributed by atoms with Crippen molar-refractivity contribution in [3.8, 4) is 0 Å².